The molecule has 2 N–H and O–H groups in total. The summed E-state index contributed by atoms with van der Waals surface area (Å²) in [5.41, 5.74) is 4.01. The molecule has 1 fully saturated rings. The maximum atomic E-state index is 12.9. The van der Waals surface area contributed by atoms with Crippen LogP contribution in [0.15, 0.2) is 42.5 Å². The molecule has 0 aliphatic carbocycles. The summed E-state index contributed by atoms with van der Waals surface area (Å²) in [7, 11) is 0. The predicted octanol–water partition coefficient (Wildman–Crippen LogP) is 3.03. The third-order valence-corrected chi connectivity index (χ3v) is 5.11. The van der Waals surface area contributed by atoms with Crippen molar-refractivity contribution in [1.82, 2.24) is 9.80 Å². The van der Waals surface area contributed by atoms with Gasteiger partial charge < -0.3 is 15.5 Å². The second-order valence-corrected chi connectivity index (χ2v) is 7.77. The molecule has 3 rings (SSSR count). The van der Waals surface area contributed by atoms with E-state index in [-0.39, 0.29) is 24.2 Å². The second-order valence-electron chi connectivity index (χ2n) is 7.77. The average Bonchev–Trinajstić information content (AvgIpc) is 2.69. The lowest BCUT2D eigenvalue weighted by Crippen LogP contribution is -2.50. The number of nitrogens with zero attached hydrogens (tertiary/aromatic N) is 2. The Labute approximate surface area is 177 Å². The molecule has 1 aliphatic heterocycles. The minimum absolute atomic E-state index is 0.127. The SMILES string of the molecule is Cc1cc(C)cc(NCCC(=O)N2CCN(CC(=O)Nc3ccc(F)cc3)CC2)c1. The van der Waals surface area contributed by atoms with E-state index in [2.05, 4.69) is 42.7 Å². The van der Waals surface area contributed by atoms with Gasteiger partial charge in [0.05, 0.1) is 6.54 Å². The van der Waals surface area contributed by atoms with Crippen LogP contribution in [0.25, 0.3) is 0 Å². The first kappa shape index (κ1) is 21.8. The Morgan fingerprint density at radius 3 is 2.20 bits per heavy atom. The highest BCUT2D eigenvalue weighted by Gasteiger charge is 2.22. The molecule has 0 radical (unpaired) electrons. The van der Waals surface area contributed by atoms with Gasteiger partial charge in [0.25, 0.3) is 0 Å². The van der Waals surface area contributed by atoms with E-state index in [1.165, 1.54) is 35.4 Å². The third-order valence-electron chi connectivity index (χ3n) is 5.11. The number of benzene rings is 2. The van der Waals surface area contributed by atoms with Gasteiger partial charge >= 0.3 is 0 Å². The molecule has 0 bridgehead atoms. The number of halogens is 1. The molecule has 0 spiro atoms. The summed E-state index contributed by atoms with van der Waals surface area (Å²) in [5, 5.41) is 6.09. The Morgan fingerprint density at radius 2 is 1.57 bits per heavy atom. The molecule has 0 atom stereocenters. The lowest BCUT2D eigenvalue weighted by molar-refractivity contribution is -0.132. The Hall–Kier alpha value is -2.93. The van der Waals surface area contributed by atoms with Gasteiger partial charge in [-0.05, 0) is 61.4 Å². The van der Waals surface area contributed by atoms with Crippen LogP contribution in [0.4, 0.5) is 15.8 Å². The maximum absolute atomic E-state index is 12.9. The van der Waals surface area contributed by atoms with Crippen LogP contribution in [-0.2, 0) is 9.59 Å². The summed E-state index contributed by atoms with van der Waals surface area (Å²) in [4.78, 5) is 28.5. The number of hydrogen-bond donors (Lipinski definition) is 2. The highest BCUT2D eigenvalue weighted by molar-refractivity contribution is 5.92. The zero-order valence-corrected chi connectivity index (χ0v) is 17.6. The summed E-state index contributed by atoms with van der Waals surface area (Å²) in [6.07, 6.45) is 0.443. The van der Waals surface area contributed by atoms with Gasteiger partial charge in [-0.3, -0.25) is 14.5 Å². The number of piperazine rings is 1. The standard InChI is InChI=1S/C23H29FN4O2/c1-17-13-18(2)15-21(14-17)25-8-7-23(30)28-11-9-27(10-12-28)16-22(29)26-20-5-3-19(24)4-6-20/h3-6,13-15,25H,7-12,16H2,1-2H3,(H,26,29). The molecule has 2 amide bonds. The summed E-state index contributed by atoms with van der Waals surface area (Å²) in [6.45, 7) is 7.53. The van der Waals surface area contributed by atoms with Crippen molar-refractivity contribution in [3.05, 3.63) is 59.4 Å². The van der Waals surface area contributed by atoms with E-state index in [0.29, 0.717) is 44.8 Å². The number of anilines is 2. The van der Waals surface area contributed by atoms with Gasteiger partial charge in [0.2, 0.25) is 11.8 Å². The minimum Gasteiger partial charge on any atom is -0.385 e. The van der Waals surface area contributed by atoms with E-state index in [1.807, 2.05) is 9.80 Å². The van der Waals surface area contributed by atoms with Gasteiger partial charge in [0, 0.05) is 50.5 Å². The Morgan fingerprint density at radius 1 is 0.933 bits per heavy atom. The second kappa shape index (κ2) is 10.2. The highest BCUT2D eigenvalue weighted by Crippen LogP contribution is 2.14. The van der Waals surface area contributed by atoms with Crippen molar-refractivity contribution in [1.29, 1.82) is 0 Å². The fourth-order valence-corrected chi connectivity index (χ4v) is 3.64. The molecule has 1 heterocycles. The van der Waals surface area contributed by atoms with Crippen LogP contribution in [0.2, 0.25) is 0 Å². The lowest BCUT2D eigenvalue weighted by Gasteiger charge is -2.34. The number of nitrogens with one attached hydrogen (secondary N) is 2. The van der Waals surface area contributed by atoms with Crippen LogP contribution in [0.5, 0.6) is 0 Å². The Kier molecular flexibility index (Phi) is 7.41. The van der Waals surface area contributed by atoms with E-state index in [1.54, 1.807) is 0 Å². The molecule has 2 aromatic carbocycles. The zero-order chi connectivity index (χ0) is 21.5. The van der Waals surface area contributed by atoms with E-state index >= 15 is 0 Å². The fraction of sp³-hybridized carbons (Fsp3) is 0.391. The third kappa shape index (κ3) is 6.56. The largest absolute Gasteiger partial charge is 0.385 e. The molecule has 1 aliphatic rings. The van der Waals surface area contributed by atoms with Crippen LogP contribution in [0.1, 0.15) is 17.5 Å². The normalized spacial score (nSPS) is 14.4. The lowest BCUT2D eigenvalue weighted by atomic mass is 10.1. The molecule has 7 heteroatoms. The number of hydrogen-bond acceptors (Lipinski definition) is 4. The van der Waals surface area contributed by atoms with Crippen LogP contribution in [0, 0.1) is 19.7 Å². The molecule has 0 aromatic heterocycles. The van der Waals surface area contributed by atoms with Gasteiger partial charge in [-0.25, -0.2) is 4.39 Å². The average molecular weight is 413 g/mol. The molecule has 0 unspecified atom stereocenters. The molecular formula is C23H29FN4O2. The fourth-order valence-electron chi connectivity index (χ4n) is 3.64. The molecule has 1 saturated heterocycles. The number of rotatable bonds is 7. The van der Waals surface area contributed by atoms with Crippen molar-refractivity contribution in [2.45, 2.75) is 20.3 Å². The molecule has 30 heavy (non-hydrogen) atoms. The maximum Gasteiger partial charge on any atom is 0.238 e. The van der Waals surface area contributed by atoms with Crippen molar-refractivity contribution in [2.75, 3.05) is 49.9 Å². The summed E-state index contributed by atoms with van der Waals surface area (Å²) in [6, 6.07) is 12.0. The minimum atomic E-state index is -0.335. The first-order chi connectivity index (χ1) is 14.4. The van der Waals surface area contributed by atoms with Crippen LogP contribution in [0.3, 0.4) is 0 Å². The molecule has 6 nitrogen and oxygen atoms in total. The predicted molar refractivity (Wildman–Crippen MR) is 117 cm³/mol. The summed E-state index contributed by atoms with van der Waals surface area (Å²) < 4.78 is 12.9. The molecule has 160 valence electrons. The van der Waals surface area contributed by atoms with Crippen molar-refractivity contribution in [2.24, 2.45) is 0 Å². The van der Waals surface area contributed by atoms with Gasteiger partial charge in [0.1, 0.15) is 5.82 Å². The number of carbonyl (C=O) groups is 2. The van der Waals surface area contributed by atoms with Crippen molar-refractivity contribution >= 4 is 23.2 Å². The highest BCUT2D eigenvalue weighted by atomic mass is 19.1. The van der Waals surface area contributed by atoms with Crippen LogP contribution >= 0.6 is 0 Å². The van der Waals surface area contributed by atoms with Crippen LogP contribution in [-0.4, -0.2) is 60.9 Å². The van der Waals surface area contributed by atoms with Crippen molar-refractivity contribution in [3.63, 3.8) is 0 Å². The van der Waals surface area contributed by atoms with Crippen LogP contribution < -0.4 is 10.6 Å². The van der Waals surface area contributed by atoms with E-state index in [9.17, 15) is 14.0 Å². The van der Waals surface area contributed by atoms with E-state index in [0.717, 1.165) is 5.69 Å². The summed E-state index contributed by atoms with van der Waals surface area (Å²) in [5.74, 6) is -0.348. The monoisotopic (exact) mass is 412 g/mol. The number of carbonyl (C=O) groups excluding carboxylic acids is 2. The topological polar surface area (TPSA) is 64.7 Å². The van der Waals surface area contributed by atoms with Crippen molar-refractivity contribution in [3.8, 4) is 0 Å². The van der Waals surface area contributed by atoms with Gasteiger partial charge in [-0.2, -0.15) is 0 Å². The smallest absolute Gasteiger partial charge is 0.238 e. The molecule has 2 aromatic rings. The first-order valence-electron chi connectivity index (χ1n) is 10.3. The quantitative estimate of drug-likeness (QED) is 0.734. The van der Waals surface area contributed by atoms with Gasteiger partial charge in [-0.1, -0.05) is 6.07 Å². The molecular weight excluding hydrogens is 383 g/mol. The number of amides is 2. The van der Waals surface area contributed by atoms with E-state index < -0.39 is 0 Å². The first-order valence-corrected chi connectivity index (χ1v) is 10.3. The Balaban J connectivity index is 1.36. The van der Waals surface area contributed by atoms with Gasteiger partial charge in [0.15, 0.2) is 0 Å². The zero-order valence-electron chi connectivity index (χ0n) is 17.6. The summed E-state index contributed by atoms with van der Waals surface area (Å²) >= 11 is 0. The Bertz CT molecular complexity index is 857. The van der Waals surface area contributed by atoms with Gasteiger partial charge in [-0.15, -0.1) is 0 Å². The number of aryl methyl sites for hydroxylation is 2. The van der Waals surface area contributed by atoms with E-state index in [4.69, 9.17) is 0 Å². The molecule has 0 saturated carbocycles. The van der Waals surface area contributed by atoms with Crippen molar-refractivity contribution < 1.29 is 14.0 Å².